The van der Waals surface area contributed by atoms with Gasteiger partial charge in [-0.3, -0.25) is 14.5 Å². The van der Waals surface area contributed by atoms with Gasteiger partial charge in [0.05, 0.1) is 0 Å². The van der Waals surface area contributed by atoms with Crippen LogP contribution in [0.2, 0.25) is 0 Å². The van der Waals surface area contributed by atoms with Gasteiger partial charge in [-0.25, -0.2) is 4.79 Å². The first kappa shape index (κ1) is 18.7. The van der Waals surface area contributed by atoms with Gasteiger partial charge in [-0.15, -0.1) is 0 Å². The quantitative estimate of drug-likeness (QED) is 0.667. The molecule has 4 rings (SSSR count). The number of carbonyl (C=O) groups is 3. The topological polar surface area (TPSA) is 91.7 Å². The minimum Gasteiger partial charge on any atom is -0.458 e. The van der Waals surface area contributed by atoms with Crippen LogP contribution in [0.1, 0.15) is 23.8 Å². The van der Waals surface area contributed by atoms with Crippen LogP contribution >= 0.6 is 0 Å². The van der Waals surface area contributed by atoms with E-state index in [2.05, 4.69) is 10.6 Å². The molecule has 2 N–H and O–H groups in total. The summed E-state index contributed by atoms with van der Waals surface area (Å²) in [5.74, 6) is -0.654. The maximum absolute atomic E-state index is 13.0. The highest BCUT2D eigenvalue weighted by molar-refractivity contribution is 6.10. The molecule has 2 aromatic carbocycles. The fraction of sp³-hybridized carbons (Fsp3) is 0.227. The standard InChI is InChI=1S/C22H21N3O4/c1-13-8-14(2)10-16(9-13)23-19(26)12-25-20(27)22(3,24-21(25)28)18-11-15-6-4-5-7-17(15)29-18/h4-11H,12H2,1-3H3,(H,23,26)(H,24,28). The molecule has 3 aromatic rings. The van der Waals surface area contributed by atoms with E-state index in [4.69, 9.17) is 4.42 Å². The maximum Gasteiger partial charge on any atom is 0.325 e. The highest BCUT2D eigenvalue weighted by Crippen LogP contribution is 2.33. The van der Waals surface area contributed by atoms with Crippen molar-refractivity contribution in [3.8, 4) is 0 Å². The summed E-state index contributed by atoms with van der Waals surface area (Å²) in [7, 11) is 0. The Labute approximate surface area is 167 Å². The van der Waals surface area contributed by atoms with Crippen LogP contribution in [0.3, 0.4) is 0 Å². The summed E-state index contributed by atoms with van der Waals surface area (Å²) in [5, 5.41) is 6.23. The summed E-state index contributed by atoms with van der Waals surface area (Å²) < 4.78 is 5.79. The number of furan rings is 1. The third kappa shape index (κ3) is 3.35. The molecule has 4 amide bonds. The van der Waals surface area contributed by atoms with Gasteiger partial charge in [0.2, 0.25) is 5.91 Å². The molecule has 1 unspecified atom stereocenters. The Kier molecular flexibility index (Phi) is 4.38. The second-order valence-corrected chi connectivity index (χ2v) is 7.52. The molecule has 7 nitrogen and oxygen atoms in total. The van der Waals surface area contributed by atoms with E-state index in [9.17, 15) is 14.4 Å². The smallest absolute Gasteiger partial charge is 0.325 e. The van der Waals surface area contributed by atoms with Crippen LogP contribution in [-0.2, 0) is 15.1 Å². The summed E-state index contributed by atoms with van der Waals surface area (Å²) in [6, 6.07) is 14.1. The molecular formula is C22H21N3O4. The van der Waals surface area contributed by atoms with Crippen molar-refractivity contribution < 1.29 is 18.8 Å². The molecule has 0 spiro atoms. The molecule has 1 saturated heterocycles. The average Bonchev–Trinajstić information content (AvgIpc) is 3.17. The number of amides is 4. The Bertz CT molecular complexity index is 1100. The monoisotopic (exact) mass is 391 g/mol. The molecular weight excluding hydrogens is 370 g/mol. The van der Waals surface area contributed by atoms with Gasteiger partial charge in [-0.1, -0.05) is 24.3 Å². The first-order chi connectivity index (χ1) is 13.8. The van der Waals surface area contributed by atoms with Crippen LogP contribution in [0.5, 0.6) is 0 Å². The Morgan fingerprint density at radius 1 is 1.10 bits per heavy atom. The number of hydrogen-bond acceptors (Lipinski definition) is 4. The summed E-state index contributed by atoms with van der Waals surface area (Å²) in [6.45, 7) is 5.05. The van der Waals surface area contributed by atoms with Crippen LogP contribution in [-0.4, -0.2) is 29.3 Å². The number of benzene rings is 2. The average molecular weight is 391 g/mol. The Morgan fingerprint density at radius 3 is 2.48 bits per heavy atom. The maximum atomic E-state index is 13.0. The van der Waals surface area contributed by atoms with Gasteiger partial charge in [-0.2, -0.15) is 0 Å². The number of hydrogen-bond donors (Lipinski definition) is 2. The number of aryl methyl sites for hydroxylation is 2. The van der Waals surface area contributed by atoms with E-state index >= 15 is 0 Å². The van der Waals surface area contributed by atoms with Gasteiger partial charge >= 0.3 is 6.03 Å². The molecule has 0 bridgehead atoms. The van der Waals surface area contributed by atoms with Gasteiger partial charge in [0, 0.05) is 11.1 Å². The van der Waals surface area contributed by atoms with Crippen molar-refractivity contribution >= 4 is 34.5 Å². The van der Waals surface area contributed by atoms with Crippen LogP contribution in [0, 0.1) is 13.8 Å². The van der Waals surface area contributed by atoms with E-state index in [0.29, 0.717) is 17.0 Å². The number of carbonyl (C=O) groups excluding carboxylic acids is 3. The third-order valence-electron chi connectivity index (χ3n) is 5.00. The van der Waals surface area contributed by atoms with Crippen LogP contribution < -0.4 is 10.6 Å². The fourth-order valence-corrected chi connectivity index (χ4v) is 3.63. The second kappa shape index (κ2) is 6.77. The zero-order chi connectivity index (χ0) is 20.8. The molecule has 0 saturated carbocycles. The fourth-order valence-electron chi connectivity index (χ4n) is 3.63. The minimum absolute atomic E-state index is 0.328. The third-order valence-corrected chi connectivity index (χ3v) is 5.00. The largest absolute Gasteiger partial charge is 0.458 e. The second-order valence-electron chi connectivity index (χ2n) is 7.52. The number of anilines is 1. The molecule has 1 fully saturated rings. The summed E-state index contributed by atoms with van der Waals surface area (Å²) in [4.78, 5) is 38.8. The zero-order valence-corrected chi connectivity index (χ0v) is 16.4. The Balaban J connectivity index is 1.53. The van der Waals surface area contributed by atoms with Crippen molar-refractivity contribution in [3.05, 3.63) is 65.4 Å². The predicted octanol–water partition coefficient (Wildman–Crippen LogP) is 3.46. The van der Waals surface area contributed by atoms with E-state index in [1.807, 2.05) is 50.2 Å². The molecule has 1 aliphatic heterocycles. The Morgan fingerprint density at radius 2 is 1.79 bits per heavy atom. The lowest BCUT2D eigenvalue weighted by Gasteiger charge is -2.19. The minimum atomic E-state index is -1.36. The van der Waals surface area contributed by atoms with Gasteiger partial charge in [0.15, 0.2) is 5.54 Å². The number of nitrogens with one attached hydrogen (secondary N) is 2. The van der Waals surface area contributed by atoms with Gasteiger partial charge in [0.1, 0.15) is 17.9 Å². The van der Waals surface area contributed by atoms with Gasteiger partial charge < -0.3 is 15.1 Å². The molecule has 7 heteroatoms. The molecule has 0 aliphatic carbocycles. The molecule has 1 aromatic heterocycles. The van der Waals surface area contributed by atoms with Crippen molar-refractivity contribution in [2.45, 2.75) is 26.3 Å². The molecule has 1 aliphatic rings. The van der Waals surface area contributed by atoms with Crippen LogP contribution in [0.15, 0.2) is 52.9 Å². The van der Waals surface area contributed by atoms with Crippen LogP contribution in [0.4, 0.5) is 10.5 Å². The lowest BCUT2D eigenvalue weighted by Crippen LogP contribution is -2.41. The summed E-state index contributed by atoms with van der Waals surface area (Å²) in [5.41, 5.74) is 1.90. The van der Waals surface area contributed by atoms with E-state index in [1.165, 1.54) is 0 Å². The van der Waals surface area contributed by atoms with E-state index in [0.717, 1.165) is 21.4 Å². The molecule has 148 valence electrons. The van der Waals surface area contributed by atoms with Crippen molar-refractivity contribution in [1.29, 1.82) is 0 Å². The highest BCUT2D eigenvalue weighted by atomic mass is 16.3. The summed E-state index contributed by atoms with van der Waals surface area (Å²) >= 11 is 0. The van der Waals surface area contributed by atoms with Crippen molar-refractivity contribution in [3.63, 3.8) is 0 Å². The normalized spacial score (nSPS) is 18.9. The first-order valence-corrected chi connectivity index (χ1v) is 9.27. The van der Waals surface area contributed by atoms with Crippen LogP contribution in [0.25, 0.3) is 11.0 Å². The number of para-hydroxylation sites is 1. The number of fused-ring (bicyclic) bond motifs is 1. The zero-order valence-electron chi connectivity index (χ0n) is 16.4. The molecule has 0 radical (unpaired) electrons. The number of nitrogens with zero attached hydrogens (tertiary/aromatic N) is 1. The van der Waals surface area contributed by atoms with E-state index in [-0.39, 0.29) is 6.54 Å². The molecule has 29 heavy (non-hydrogen) atoms. The summed E-state index contributed by atoms with van der Waals surface area (Å²) in [6.07, 6.45) is 0. The van der Waals surface area contributed by atoms with E-state index in [1.54, 1.807) is 19.1 Å². The first-order valence-electron chi connectivity index (χ1n) is 9.27. The van der Waals surface area contributed by atoms with Gasteiger partial charge in [-0.05, 0) is 56.2 Å². The lowest BCUT2D eigenvalue weighted by atomic mass is 9.99. The van der Waals surface area contributed by atoms with Crippen molar-refractivity contribution in [1.82, 2.24) is 10.2 Å². The highest BCUT2D eigenvalue weighted by Gasteiger charge is 2.51. The SMILES string of the molecule is Cc1cc(C)cc(NC(=O)CN2C(=O)NC(C)(c3cc4ccccc4o3)C2=O)c1. The Hall–Kier alpha value is -3.61. The van der Waals surface area contributed by atoms with E-state index < -0.39 is 23.4 Å². The van der Waals surface area contributed by atoms with Gasteiger partial charge in [0.25, 0.3) is 5.91 Å². The predicted molar refractivity (Wildman–Crippen MR) is 108 cm³/mol. The van der Waals surface area contributed by atoms with Crippen molar-refractivity contribution in [2.24, 2.45) is 0 Å². The number of urea groups is 1. The number of rotatable bonds is 4. The molecule has 2 heterocycles. The molecule has 1 atom stereocenters. The van der Waals surface area contributed by atoms with Crippen molar-refractivity contribution in [2.75, 3.05) is 11.9 Å². The lowest BCUT2D eigenvalue weighted by molar-refractivity contribution is -0.134. The number of imide groups is 1.